The van der Waals surface area contributed by atoms with E-state index in [1.165, 1.54) is 19.3 Å². The Kier molecular flexibility index (Phi) is 2.58. The summed E-state index contributed by atoms with van der Waals surface area (Å²) in [5.41, 5.74) is 0.228. The van der Waals surface area contributed by atoms with E-state index >= 15 is 0 Å². The van der Waals surface area contributed by atoms with E-state index < -0.39 is 0 Å². The first-order chi connectivity index (χ1) is 6.70. The van der Waals surface area contributed by atoms with Crippen molar-refractivity contribution in [3.8, 4) is 0 Å². The Morgan fingerprint density at radius 2 is 1.79 bits per heavy atom. The zero-order valence-corrected chi connectivity index (χ0v) is 9.00. The lowest BCUT2D eigenvalue weighted by Gasteiger charge is -2.61. The third-order valence-corrected chi connectivity index (χ3v) is 4.38. The first-order valence-corrected chi connectivity index (χ1v) is 5.67. The molecular weight excluding hydrogens is 178 g/mol. The van der Waals surface area contributed by atoms with Crippen LogP contribution in [0.15, 0.2) is 0 Å². The molecule has 0 unspecified atom stereocenters. The fourth-order valence-electron chi connectivity index (χ4n) is 2.79. The van der Waals surface area contributed by atoms with E-state index in [-0.39, 0.29) is 18.8 Å². The van der Waals surface area contributed by atoms with Gasteiger partial charge in [0, 0.05) is 13.1 Å². The van der Waals surface area contributed by atoms with Crippen molar-refractivity contribution in [2.75, 3.05) is 26.3 Å². The maximum atomic E-state index is 9.37. The number of rotatable bonds is 4. The van der Waals surface area contributed by atoms with Crippen molar-refractivity contribution in [2.45, 2.75) is 38.1 Å². The Morgan fingerprint density at radius 3 is 2.07 bits per heavy atom. The average Bonchev–Trinajstić information content (AvgIpc) is 2.08. The van der Waals surface area contributed by atoms with Crippen molar-refractivity contribution in [2.24, 2.45) is 5.41 Å². The molecule has 0 aromatic heterocycles. The fraction of sp³-hybridized carbons (Fsp3) is 1.00. The van der Waals surface area contributed by atoms with E-state index in [9.17, 15) is 10.2 Å². The van der Waals surface area contributed by atoms with Crippen LogP contribution in [0.2, 0.25) is 0 Å². The summed E-state index contributed by atoms with van der Waals surface area (Å²) in [4.78, 5) is 2.27. The Balaban J connectivity index is 1.94. The minimum Gasteiger partial charge on any atom is -0.394 e. The monoisotopic (exact) mass is 199 g/mol. The third-order valence-electron chi connectivity index (χ3n) is 4.38. The first-order valence-electron chi connectivity index (χ1n) is 5.67. The highest BCUT2D eigenvalue weighted by Crippen LogP contribution is 2.50. The number of aliphatic hydroxyl groups excluding tert-OH is 2. The second kappa shape index (κ2) is 3.47. The van der Waals surface area contributed by atoms with Crippen LogP contribution in [0.4, 0.5) is 0 Å². The average molecular weight is 199 g/mol. The topological polar surface area (TPSA) is 43.7 Å². The second-order valence-corrected chi connectivity index (χ2v) is 5.10. The predicted molar refractivity (Wildman–Crippen MR) is 55.1 cm³/mol. The van der Waals surface area contributed by atoms with Crippen molar-refractivity contribution in [3.63, 3.8) is 0 Å². The van der Waals surface area contributed by atoms with Crippen LogP contribution in [-0.2, 0) is 0 Å². The van der Waals surface area contributed by atoms with Gasteiger partial charge in [0.2, 0.25) is 0 Å². The summed E-state index contributed by atoms with van der Waals surface area (Å²) in [6.45, 7) is 4.37. The number of likely N-dealkylation sites (tertiary alicyclic amines) is 1. The Morgan fingerprint density at radius 1 is 1.21 bits per heavy atom. The number of hydrogen-bond donors (Lipinski definition) is 2. The normalized spacial score (nSPS) is 25.9. The molecule has 2 fully saturated rings. The largest absolute Gasteiger partial charge is 0.394 e. The molecule has 1 aliphatic heterocycles. The second-order valence-electron chi connectivity index (χ2n) is 5.10. The van der Waals surface area contributed by atoms with Gasteiger partial charge in [-0.2, -0.15) is 0 Å². The van der Waals surface area contributed by atoms with Gasteiger partial charge in [-0.1, -0.05) is 13.3 Å². The molecule has 2 aliphatic rings. The molecule has 2 N–H and O–H groups in total. The first kappa shape index (κ1) is 10.4. The van der Waals surface area contributed by atoms with E-state index in [4.69, 9.17) is 0 Å². The molecule has 3 nitrogen and oxygen atoms in total. The lowest BCUT2D eigenvalue weighted by atomic mass is 9.62. The molecule has 0 radical (unpaired) electrons. The predicted octanol–water partition coefficient (Wildman–Crippen LogP) is 0.606. The van der Waals surface area contributed by atoms with Crippen LogP contribution in [0.3, 0.4) is 0 Å². The molecule has 82 valence electrons. The maximum Gasteiger partial charge on any atom is 0.0670 e. The molecule has 0 aromatic carbocycles. The molecule has 0 bridgehead atoms. The van der Waals surface area contributed by atoms with E-state index in [1.807, 2.05) is 6.92 Å². The van der Waals surface area contributed by atoms with Crippen LogP contribution in [-0.4, -0.2) is 47.0 Å². The number of hydrogen-bond acceptors (Lipinski definition) is 3. The Labute approximate surface area is 85.7 Å². The van der Waals surface area contributed by atoms with Crippen molar-refractivity contribution in [3.05, 3.63) is 0 Å². The standard InChI is InChI=1S/C11H21NO2/c1-2-11(8-13,9-14)12-6-10(7-12)4-3-5-10/h13-14H,2-9H2,1H3. The van der Waals surface area contributed by atoms with E-state index in [1.54, 1.807) is 0 Å². The van der Waals surface area contributed by atoms with E-state index in [2.05, 4.69) is 4.90 Å². The van der Waals surface area contributed by atoms with Crippen LogP contribution in [0, 0.1) is 5.41 Å². The molecular formula is C11H21NO2. The van der Waals surface area contributed by atoms with Gasteiger partial charge >= 0.3 is 0 Å². The summed E-state index contributed by atoms with van der Waals surface area (Å²) in [7, 11) is 0. The maximum absolute atomic E-state index is 9.37. The van der Waals surface area contributed by atoms with Crippen LogP contribution >= 0.6 is 0 Å². The third kappa shape index (κ3) is 1.30. The molecule has 2 rings (SSSR count). The number of nitrogens with zero attached hydrogens (tertiary/aromatic N) is 1. The summed E-state index contributed by atoms with van der Waals surface area (Å²) < 4.78 is 0. The molecule has 1 spiro atoms. The molecule has 0 atom stereocenters. The van der Waals surface area contributed by atoms with Crippen molar-refractivity contribution < 1.29 is 10.2 Å². The summed E-state index contributed by atoms with van der Waals surface area (Å²) in [5, 5.41) is 18.7. The SMILES string of the molecule is CCC(CO)(CO)N1CC2(CCC2)C1. The van der Waals surface area contributed by atoms with Gasteiger partial charge in [0.05, 0.1) is 18.8 Å². The van der Waals surface area contributed by atoms with Crippen LogP contribution < -0.4 is 0 Å². The Bertz CT molecular complexity index is 193. The molecule has 0 amide bonds. The lowest BCUT2D eigenvalue weighted by Crippen LogP contribution is -2.69. The summed E-state index contributed by atoms with van der Waals surface area (Å²) in [6.07, 6.45) is 4.89. The van der Waals surface area contributed by atoms with Crippen LogP contribution in [0.25, 0.3) is 0 Å². The van der Waals surface area contributed by atoms with Gasteiger partial charge < -0.3 is 10.2 Å². The quantitative estimate of drug-likeness (QED) is 0.697. The minimum atomic E-state index is -0.346. The van der Waals surface area contributed by atoms with Gasteiger partial charge in [0.1, 0.15) is 0 Å². The smallest absolute Gasteiger partial charge is 0.0670 e. The van der Waals surface area contributed by atoms with Gasteiger partial charge in [0.15, 0.2) is 0 Å². The van der Waals surface area contributed by atoms with Crippen molar-refractivity contribution in [1.82, 2.24) is 4.90 Å². The highest BCUT2D eigenvalue weighted by Gasteiger charge is 2.52. The molecule has 1 aliphatic carbocycles. The van der Waals surface area contributed by atoms with Crippen molar-refractivity contribution in [1.29, 1.82) is 0 Å². The van der Waals surface area contributed by atoms with Crippen LogP contribution in [0.1, 0.15) is 32.6 Å². The summed E-state index contributed by atoms with van der Waals surface area (Å²) in [5.74, 6) is 0. The van der Waals surface area contributed by atoms with Crippen molar-refractivity contribution >= 4 is 0 Å². The van der Waals surface area contributed by atoms with E-state index in [0.717, 1.165) is 19.5 Å². The summed E-state index contributed by atoms with van der Waals surface area (Å²) >= 11 is 0. The van der Waals surface area contributed by atoms with Gasteiger partial charge in [-0.15, -0.1) is 0 Å². The molecule has 1 saturated heterocycles. The zero-order chi connectivity index (χ0) is 10.2. The molecule has 14 heavy (non-hydrogen) atoms. The lowest BCUT2D eigenvalue weighted by molar-refractivity contribution is -0.146. The van der Waals surface area contributed by atoms with Gasteiger partial charge in [-0.3, -0.25) is 4.90 Å². The zero-order valence-electron chi connectivity index (χ0n) is 9.00. The summed E-state index contributed by atoms with van der Waals surface area (Å²) in [6, 6.07) is 0. The fourth-order valence-corrected chi connectivity index (χ4v) is 2.79. The van der Waals surface area contributed by atoms with Gasteiger partial charge in [-0.05, 0) is 24.7 Å². The molecule has 0 aromatic rings. The minimum absolute atomic E-state index is 0.0794. The van der Waals surface area contributed by atoms with E-state index in [0.29, 0.717) is 5.41 Å². The molecule has 1 saturated carbocycles. The Hall–Kier alpha value is -0.120. The highest BCUT2D eigenvalue weighted by molar-refractivity contribution is 5.06. The molecule has 1 heterocycles. The van der Waals surface area contributed by atoms with Gasteiger partial charge in [-0.25, -0.2) is 0 Å². The number of aliphatic hydroxyl groups is 2. The molecule has 3 heteroatoms. The van der Waals surface area contributed by atoms with Gasteiger partial charge in [0.25, 0.3) is 0 Å². The highest BCUT2D eigenvalue weighted by atomic mass is 16.3. The van der Waals surface area contributed by atoms with Crippen LogP contribution in [0.5, 0.6) is 0 Å².